The molecule has 2 aliphatic heterocycles. The van der Waals surface area contributed by atoms with Gasteiger partial charge in [0.1, 0.15) is 11.2 Å². The molecule has 2 aliphatic rings. The van der Waals surface area contributed by atoms with Crippen LogP contribution in [0.1, 0.15) is 43.6 Å². The molecule has 11 heteroatoms. The zero-order chi connectivity index (χ0) is 23.9. The maximum absolute atomic E-state index is 13.1. The van der Waals surface area contributed by atoms with Gasteiger partial charge in [0.2, 0.25) is 5.91 Å². The predicted molar refractivity (Wildman–Crippen MR) is 105 cm³/mol. The van der Waals surface area contributed by atoms with E-state index in [1.807, 2.05) is 12.1 Å². The van der Waals surface area contributed by atoms with Crippen molar-refractivity contribution in [1.82, 2.24) is 10.2 Å². The van der Waals surface area contributed by atoms with Crippen molar-refractivity contribution >= 4 is 17.8 Å². The number of piperidine rings is 1. The van der Waals surface area contributed by atoms with Gasteiger partial charge in [-0.1, -0.05) is 12.1 Å². The van der Waals surface area contributed by atoms with E-state index in [0.29, 0.717) is 39.0 Å². The van der Waals surface area contributed by atoms with Crippen LogP contribution in [0.5, 0.6) is 0 Å². The van der Waals surface area contributed by atoms with Crippen LogP contribution < -0.4 is 5.32 Å². The number of carbonyl (C=O) groups excluding carboxylic acids is 1. The number of amides is 1. The Hall–Kier alpha value is -2.69. The number of halogens is 4. The van der Waals surface area contributed by atoms with E-state index < -0.39 is 23.5 Å². The molecule has 3 rings (SSSR count). The Morgan fingerprint density at radius 1 is 1.00 bits per heavy atom. The molecule has 0 saturated carbocycles. The highest BCUT2D eigenvalue weighted by Crippen LogP contribution is 2.34. The molecule has 1 atom stereocenters. The number of carboxylic acid groups (broad SMARTS) is 2. The Balaban J connectivity index is 0.000000451. The van der Waals surface area contributed by atoms with Crippen LogP contribution >= 0.6 is 0 Å². The van der Waals surface area contributed by atoms with Crippen LogP contribution in [0.25, 0.3) is 0 Å². The molecule has 0 aromatic heterocycles. The first-order chi connectivity index (χ1) is 15.0. The van der Waals surface area contributed by atoms with Gasteiger partial charge in [-0.25, -0.2) is 9.18 Å². The molecule has 7 nitrogen and oxygen atoms in total. The molecule has 0 radical (unpaired) electrons. The molecule has 2 fully saturated rings. The molecule has 0 bridgehead atoms. The summed E-state index contributed by atoms with van der Waals surface area (Å²) in [5, 5.41) is 20.0. The molecule has 1 aromatic carbocycles. The predicted octanol–water partition coefficient (Wildman–Crippen LogP) is 3.01. The molecule has 178 valence electrons. The molecule has 1 aromatic rings. The molecule has 3 N–H and O–H groups in total. The van der Waals surface area contributed by atoms with Gasteiger partial charge in [0, 0.05) is 13.1 Å². The van der Waals surface area contributed by atoms with Gasteiger partial charge in [-0.05, 0) is 68.8 Å². The number of hydrogen-bond acceptors (Lipinski definition) is 4. The minimum Gasteiger partial charge on any atom is -0.480 e. The standard InChI is InChI=1S/C19H25FN2O3.C2HF3O2/c20-16-5-3-15(4-6-16)14-2-1-12-22(13-7-14)17(23)19(18(24)25)8-10-21-11-9-19;3-2(4,5)1(6)7/h3-6,14,21H,1-2,7-13H2,(H,24,25);(H,6,7). The summed E-state index contributed by atoms with van der Waals surface area (Å²) in [5.41, 5.74) is -0.188. The Bertz CT molecular complexity index is 807. The summed E-state index contributed by atoms with van der Waals surface area (Å²) >= 11 is 0. The summed E-state index contributed by atoms with van der Waals surface area (Å²) < 4.78 is 44.8. The van der Waals surface area contributed by atoms with E-state index in [1.54, 1.807) is 4.90 Å². The third-order valence-corrected chi connectivity index (χ3v) is 5.88. The quantitative estimate of drug-likeness (QED) is 0.471. The summed E-state index contributed by atoms with van der Waals surface area (Å²) in [6.07, 6.45) is -1.85. The highest BCUT2D eigenvalue weighted by atomic mass is 19.4. The van der Waals surface area contributed by atoms with Crippen molar-refractivity contribution < 1.29 is 42.2 Å². The third kappa shape index (κ3) is 6.41. The molecule has 1 amide bonds. The molecule has 2 saturated heterocycles. The minimum absolute atomic E-state index is 0.235. The molecule has 0 spiro atoms. The number of carboxylic acids is 2. The SMILES string of the molecule is O=C(O)C(F)(F)F.O=C(O)C1(C(=O)N2CCCC(c3ccc(F)cc3)CC2)CCNCC1. The number of rotatable bonds is 3. The van der Waals surface area contributed by atoms with Crippen molar-refractivity contribution in [2.75, 3.05) is 26.2 Å². The lowest BCUT2D eigenvalue weighted by atomic mass is 9.77. The van der Waals surface area contributed by atoms with E-state index in [9.17, 15) is 32.3 Å². The minimum atomic E-state index is -5.08. The van der Waals surface area contributed by atoms with Crippen LogP contribution in [0.15, 0.2) is 24.3 Å². The zero-order valence-corrected chi connectivity index (χ0v) is 17.3. The summed E-state index contributed by atoms with van der Waals surface area (Å²) in [7, 11) is 0. The number of hydrogen-bond donors (Lipinski definition) is 3. The van der Waals surface area contributed by atoms with Gasteiger partial charge in [0.15, 0.2) is 0 Å². The second kappa shape index (κ2) is 10.8. The third-order valence-electron chi connectivity index (χ3n) is 5.88. The second-order valence-electron chi connectivity index (χ2n) is 7.91. The molecular formula is C21H26F4N2O5. The molecular weight excluding hydrogens is 436 g/mol. The normalized spacial score (nSPS) is 21.0. The fourth-order valence-corrected chi connectivity index (χ4v) is 4.04. The van der Waals surface area contributed by atoms with Gasteiger partial charge in [-0.3, -0.25) is 9.59 Å². The van der Waals surface area contributed by atoms with Crippen LogP contribution in [0.3, 0.4) is 0 Å². The van der Waals surface area contributed by atoms with Crippen molar-refractivity contribution in [3.05, 3.63) is 35.6 Å². The van der Waals surface area contributed by atoms with Gasteiger partial charge in [0.05, 0.1) is 0 Å². The Labute approximate surface area is 182 Å². The van der Waals surface area contributed by atoms with Crippen molar-refractivity contribution in [1.29, 1.82) is 0 Å². The number of nitrogens with one attached hydrogen (secondary N) is 1. The van der Waals surface area contributed by atoms with Crippen molar-refractivity contribution in [3.63, 3.8) is 0 Å². The van der Waals surface area contributed by atoms with Gasteiger partial charge in [0.25, 0.3) is 0 Å². The first-order valence-electron chi connectivity index (χ1n) is 10.3. The molecule has 0 aliphatic carbocycles. The highest BCUT2D eigenvalue weighted by molar-refractivity contribution is 6.02. The Kier molecular flexibility index (Phi) is 8.59. The summed E-state index contributed by atoms with van der Waals surface area (Å²) in [5.74, 6) is -3.96. The topological polar surface area (TPSA) is 107 Å². The number of aliphatic carboxylic acids is 2. The monoisotopic (exact) mass is 462 g/mol. The summed E-state index contributed by atoms with van der Waals surface area (Å²) in [6, 6.07) is 6.56. The van der Waals surface area contributed by atoms with E-state index in [1.165, 1.54) is 12.1 Å². The van der Waals surface area contributed by atoms with Crippen molar-refractivity contribution in [3.8, 4) is 0 Å². The van der Waals surface area contributed by atoms with E-state index in [4.69, 9.17) is 9.90 Å². The zero-order valence-electron chi connectivity index (χ0n) is 17.3. The van der Waals surface area contributed by atoms with Crippen LogP contribution in [0.2, 0.25) is 0 Å². The van der Waals surface area contributed by atoms with Gasteiger partial charge in [-0.2, -0.15) is 13.2 Å². The van der Waals surface area contributed by atoms with E-state index in [2.05, 4.69) is 5.32 Å². The number of likely N-dealkylation sites (tertiary alicyclic amines) is 1. The highest BCUT2D eigenvalue weighted by Gasteiger charge is 2.49. The summed E-state index contributed by atoms with van der Waals surface area (Å²) in [6.45, 7) is 2.27. The largest absolute Gasteiger partial charge is 0.490 e. The molecule has 2 heterocycles. The molecule has 32 heavy (non-hydrogen) atoms. The van der Waals surface area contributed by atoms with Crippen molar-refractivity contribution in [2.24, 2.45) is 5.41 Å². The first-order valence-corrected chi connectivity index (χ1v) is 10.3. The number of nitrogens with zero attached hydrogens (tertiary/aromatic N) is 1. The molecule has 1 unspecified atom stereocenters. The van der Waals surface area contributed by atoms with Gasteiger partial charge in [-0.15, -0.1) is 0 Å². The van der Waals surface area contributed by atoms with Crippen LogP contribution in [-0.4, -0.2) is 65.3 Å². The van der Waals surface area contributed by atoms with E-state index >= 15 is 0 Å². The Morgan fingerprint density at radius 3 is 2.06 bits per heavy atom. The lowest BCUT2D eigenvalue weighted by Gasteiger charge is -2.36. The van der Waals surface area contributed by atoms with Crippen LogP contribution in [0.4, 0.5) is 17.6 Å². The summed E-state index contributed by atoms with van der Waals surface area (Å²) in [4.78, 5) is 35.5. The fraction of sp³-hybridized carbons (Fsp3) is 0.571. The second-order valence-corrected chi connectivity index (χ2v) is 7.91. The average Bonchev–Trinajstić information content (AvgIpc) is 3.00. The smallest absolute Gasteiger partial charge is 0.480 e. The van der Waals surface area contributed by atoms with Gasteiger partial charge >= 0.3 is 18.1 Å². The van der Waals surface area contributed by atoms with Gasteiger partial charge < -0.3 is 20.4 Å². The van der Waals surface area contributed by atoms with Crippen LogP contribution in [-0.2, 0) is 14.4 Å². The van der Waals surface area contributed by atoms with Crippen LogP contribution in [0, 0.1) is 11.2 Å². The number of benzene rings is 1. The maximum atomic E-state index is 13.1. The maximum Gasteiger partial charge on any atom is 0.490 e. The Morgan fingerprint density at radius 2 is 1.56 bits per heavy atom. The van der Waals surface area contributed by atoms with E-state index in [0.717, 1.165) is 24.8 Å². The average molecular weight is 462 g/mol. The fourth-order valence-electron chi connectivity index (χ4n) is 4.04. The number of carbonyl (C=O) groups is 3. The first kappa shape index (κ1) is 25.6. The van der Waals surface area contributed by atoms with E-state index in [-0.39, 0.29) is 17.6 Å². The lowest BCUT2D eigenvalue weighted by molar-refractivity contribution is -0.192. The van der Waals surface area contributed by atoms with Crippen molar-refractivity contribution in [2.45, 2.75) is 44.2 Å². The number of alkyl halides is 3. The lowest BCUT2D eigenvalue weighted by Crippen LogP contribution is -2.53.